The highest BCUT2D eigenvalue weighted by atomic mass is 16.4. The van der Waals surface area contributed by atoms with Crippen molar-refractivity contribution in [3.05, 3.63) is 0 Å². The number of aliphatic carboxylic acids is 1. The summed E-state index contributed by atoms with van der Waals surface area (Å²) >= 11 is 0. The first-order valence-corrected chi connectivity index (χ1v) is 3.95. The minimum atomic E-state index is -1.14. The first-order valence-electron chi connectivity index (χ1n) is 3.95. The molecular formula is C7H13N3O4. The van der Waals surface area contributed by atoms with Crippen LogP contribution in [0.3, 0.4) is 0 Å². The Balaban J connectivity index is 3.76. The van der Waals surface area contributed by atoms with Crippen LogP contribution in [0, 0.1) is 0 Å². The van der Waals surface area contributed by atoms with Gasteiger partial charge < -0.3 is 21.1 Å². The molecule has 0 aliphatic rings. The maximum atomic E-state index is 10.9. The number of hydrogen-bond acceptors (Lipinski definition) is 3. The smallest absolute Gasteiger partial charge is 0.325 e. The van der Waals surface area contributed by atoms with Crippen LogP contribution in [0.4, 0.5) is 4.79 Å². The zero-order chi connectivity index (χ0) is 11.1. The third-order valence-corrected chi connectivity index (χ3v) is 1.41. The van der Waals surface area contributed by atoms with Crippen molar-refractivity contribution in [2.75, 3.05) is 13.6 Å². The van der Waals surface area contributed by atoms with Gasteiger partial charge in [0, 0.05) is 7.05 Å². The normalized spacial score (nSPS) is 11.3. The molecule has 0 saturated carbocycles. The molecule has 1 atom stereocenters. The van der Waals surface area contributed by atoms with Gasteiger partial charge in [-0.25, -0.2) is 4.79 Å². The van der Waals surface area contributed by atoms with Gasteiger partial charge in [0.25, 0.3) is 0 Å². The molecule has 0 aliphatic carbocycles. The van der Waals surface area contributed by atoms with Crippen molar-refractivity contribution in [3.63, 3.8) is 0 Å². The first-order chi connectivity index (χ1) is 6.47. The van der Waals surface area contributed by atoms with Crippen molar-refractivity contribution in [1.82, 2.24) is 16.0 Å². The van der Waals surface area contributed by atoms with Gasteiger partial charge >= 0.3 is 12.0 Å². The molecule has 0 spiro atoms. The third kappa shape index (κ3) is 4.96. The lowest BCUT2D eigenvalue weighted by atomic mass is 10.3. The maximum Gasteiger partial charge on any atom is 0.325 e. The van der Waals surface area contributed by atoms with E-state index >= 15 is 0 Å². The van der Waals surface area contributed by atoms with Crippen LogP contribution in [0.2, 0.25) is 0 Å². The second-order valence-electron chi connectivity index (χ2n) is 2.56. The zero-order valence-corrected chi connectivity index (χ0v) is 7.96. The fourth-order valence-electron chi connectivity index (χ4n) is 0.558. The van der Waals surface area contributed by atoms with Crippen molar-refractivity contribution >= 4 is 17.9 Å². The highest BCUT2D eigenvalue weighted by molar-refractivity contribution is 5.86. The van der Waals surface area contributed by atoms with Gasteiger partial charge in [0.2, 0.25) is 5.91 Å². The number of amides is 3. The van der Waals surface area contributed by atoms with Crippen molar-refractivity contribution in [2.45, 2.75) is 13.0 Å². The van der Waals surface area contributed by atoms with Crippen LogP contribution in [-0.4, -0.2) is 42.6 Å². The van der Waals surface area contributed by atoms with E-state index in [0.717, 1.165) is 0 Å². The van der Waals surface area contributed by atoms with Crippen LogP contribution in [-0.2, 0) is 9.59 Å². The molecule has 0 fully saturated rings. The van der Waals surface area contributed by atoms with Gasteiger partial charge in [-0.1, -0.05) is 0 Å². The van der Waals surface area contributed by atoms with E-state index in [1.165, 1.54) is 14.0 Å². The molecule has 14 heavy (non-hydrogen) atoms. The molecule has 0 heterocycles. The predicted octanol–water partition coefficient (Wildman–Crippen LogP) is -1.50. The number of likely N-dealkylation sites (N-methyl/N-ethyl adjacent to an activating group) is 1. The van der Waals surface area contributed by atoms with Gasteiger partial charge in [0.1, 0.15) is 6.04 Å². The molecule has 0 rings (SSSR count). The summed E-state index contributed by atoms with van der Waals surface area (Å²) < 4.78 is 0. The number of urea groups is 1. The molecule has 7 nitrogen and oxygen atoms in total. The quantitative estimate of drug-likeness (QED) is 0.446. The number of carbonyl (C=O) groups is 3. The van der Waals surface area contributed by atoms with Crippen LogP contribution in [0.5, 0.6) is 0 Å². The summed E-state index contributed by atoms with van der Waals surface area (Å²) in [5.41, 5.74) is 0. The maximum absolute atomic E-state index is 10.9. The predicted molar refractivity (Wildman–Crippen MR) is 47.7 cm³/mol. The monoisotopic (exact) mass is 203 g/mol. The van der Waals surface area contributed by atoms with E-state index in [-0.39, 0.29) is 12.5 Å². The highest BCUT2D eigenvalue weighted by Crippen LogP contribution is 1.80. The van der Waals surface area contributed by atoms with Gasteiger partial charge in [-0.3, -0.25) is 9.59 Å². The van der Waals surface area contributed by atoms with Crippen LogP contribution in [0.15, 0.2) is 0 Å². The summed E-state index contributed by atoms with van der Waals surface area (Å²) in [5.74, 6) is -1.50. The molecule has 0 unspecified atom stereocenters. The summed E-state index contributed by atoms with van der Waals surface area (Å²) in [6, 6.07) is -1.68. The number of nitrogens with one attached hydrogen (secondary N) is 3. The molecule has 0 saturated heterocycles. The lowest BCUT2D eigenvalue weighted by Crippen LogP contribution is -2.46. The summed E-state index contributed by atoms with van der Waals surface area (Å²) in [7, 11) is 1.43. The second kappa shape index (κ2) is 5.79. The van der Waals surface area contributed by atoms with Gasteiger partial charge in [-0.05, 0) is 6.92 Å². The average molecular weight is 203 g/mol. The van der Waals surface area contributed by atoms with Crippen LogP contribution in [0.25, 0.3) is 0 Å². The Labute approximate surface area is 80.9 Å². The number of carbonyl (C=O) groups excluding carboxylic acids is 2. The minimum absolute atomic E-state index is 0.186. The van der Waals surface area contributed by atoms with Gasteiger partial charge in [-0.2, -0.15) is 0 Å². The summed E-state index contributed by atoms with van der Waals surface area (Å²) in [5, 5.41) is 15.1. The lowest BCUT2D eigenvalue weighted by molar-refractivity contribution is -0.138. The molecule has 3 amide bonds. The summed E-state index contributed by atoms with van der Waals surface area (Å²) in [4.78, 5) is 31.9. The Morgan fingerprint density at radius 1 is 1.36 bits per heavy atom. The Morgan fingerprint density at radius 2 is 1.93 bits per heavy atom. The Morgan fingerprint density at radius 3 is 2.36 bits per heavy atom. The van der Waals surface area contributed by atoms with Crippen molar-refractivity contribution in [1.29, 1.82) is 0 Å². The van der Waals surface area contributed by atoms with Crippen LogP contribution in [0.1, 0.15) is 6.92 Å². The van der Waals surface area contributed by atoms with E-state index in [1.807, 2.05) is 0 Å². The number of carboxylic acid groups (broad SMARTS) is 1. The van der Waals surface area contributed by atoms with Crippen molar-refractivity contribution < 1.29 is 19.5 Å². The molecule has 0 radical (unpaired) electrons. The topological polar surface area (TPSA) is 108 Å². The van der Waals surface area contributed by atoms with Crippen LogP contribution < -0.4 is 16.0 Å². The largest absolute Gasteiger partial charge is 0.480 e. The molecular weight excluding hydrogens is 190 g/mol. The van der Waals surface area contributed by atoms with Gasteiger partial charge in [0.05, 0.1) is 6.54 Å². The van der Waals surface area contributed by atoms with E-state index in [4.69, 9.17) is 5.11 Å². The summed E-state index contributed by atoms with van der Waals surface area (Å²) in [6.07, 6.45) is 0. The lowest BCUT2D eigenvalue weighted by Gasteiger charge is -2.09. The van der Waals surface area contributed by atoms with E-state index in [1.54, 1.807) is 0 Å². The van der Waals surface area contributed by atoms with E-state index in [2.05, 4.69) is 16.0 Å². The highest BCUT2D eigenvalue weighted by Gasteiger charge is 2.13. The van der Waals surface area contributed by atoms with Crippen molar-refractivity contribution in [3.8, 4) is 0 Å². The third-order valence-electron chi connectivity index (χ3n) is 1.41. The SMILES string of the molecule is CNC(=O)CNC(=O)N[C@H](C)C(=O)O. The van der Waals surface area contributed by atoms with Crippen LogP contribution >= 0.6 is 0 Å². The number of hydrogen-bond donors (Lipinski definition) is 4. The van der Waals surface area contributed by atoms with E-state index < -0.39 is 18.0 Å². The Hall–Kier alpha value is -1.79. The van der Waals surface area contributed by atoms with Gasteiger partial charge in [0.15, 0.2) is 0 Å². The molecule has 0 aliphatic heterocycles. The van der Waals surface area contributed by atoms with Gasteiger partial charge in [-0.15, -0.1) is 0 Å². The fraction of sp³-hybridized carbons (Fsp3) is 0.571. The molecule has 80 valence electrons. The fourth-order valence-corrected chi connectivity index (χ4v) is 0.558. The molecule has 0 aromatic heterocycles. The molecule has 4 N–H and O–H groups in total. The first kappa shape index (κ1) is 12.2. The second-order valence-corrected chi connectivity index (χ2v) is 2.56. The summed E-state index contributed by atoms with van der Waals surface area (Å²) in [6.45, 7) is 1.14. The van der Waals surface area contributed by atoms with Crippen molar-refractivity contribution in [2.24, 2.45) is 0 Å². The Kier molecular flexibility index (Phi) is 5.05. The average Bonchev–Trinajstić information content (AvgIpc) is 2.13. The molecule has 0 aromatic carbocycles. The zero-order valence-electron chi connectivity index (χ0n) is 7.96. The Bertz CT molecular complexity index is 241. The molecule has 0 aromatic rings. The molecule has 0 bridgehead atoms. The van der Waals surface area contributed by atoms with E-state index in [0.29, 0.717) is 0 Å². The molecule has 7 heteroatoms. The van der Waals surface area contributed by atoms with E-state index in [9.17, 15) is 14.4 Å². The number of carboxylic acids is 1. The minimum Gasteiger partial charge on any atom is -0.480 e. The number of rotatable bonds is 4. The standard InChI is InChI=1S/C7H13N3O4/c1-4(6(12)13)10-7(14)9-3-5(11)8-2/h4H,3H2,1-2H3,(H,8,11)(H,12,13)(H2,9,10,14)/t4-/m1/s1.